The molecule has 2 N–H and O–H groups in total. The van der Waals surface area contributed by atoms with Crippen LogP contribution in [0.2, 0.25) is 5.02 Å². The molecule has 0 aliphatic carbocycles. The second-order valence-corrected chi connectivity index (χ2v) is 8.44. The van der Waals surface area contributed by atoms with Crippen molar-refractivity contribution < 1.29 is 9.84 Å². The molecule has 154 valence electrons. The molecule has 1 heterocycles. The number of hydrogen-bond donors (Lipinski definition) is 2. The van der Waals surface area contributed by atoms with Crippen LogP contribution in [0.5, 0.6) is 11.5 Å². The average Bonchev–Trinajstić information content (AvgIpc) is 2.75. The lowest BCUT2D eigenvalue weighted by Gasteiger charge is -2.31. The van der Waals surface area contributed by atoms with E-state index in [1.54, 1.807) is 6.07 Å². The lowest BCUT2D eigenvalue weighted by atomic mass is 9.93. The van der Waals surface area contributed by atoms with Crippen LogP contribution >= 0.6 is 27.5 Å². The van der Waals surface area contributed by atoms with Crippen LogP contribution in [0.4, 0.5) is 0 Å². The predicted octanol–water partition coefficient (Wildman–Crippen LogP) is 6.43. The zero-order valence-electron chi connectivity index (χ0n) is 16.5. The maximum Gasteiger partial charge on any atom is 0.162 e. The van der Waals surface area contributed by atoms with E-state index < -0.39 is 0 Å². The van der Waals surface area contributed by atoms with E-state index in [1.165, 1.54) is 0 Å². The number of nitrogens with one attached hydrogen (secondary N) is 1. The molecule has 0 amide bonds. The average molecular weight is 486 g/mol. The van der Waals surface area contributed by atoms with Gasteiger partial charge in [-0.3, -0.25) is 10.3 Å². The Kier molecular flexibility index (Phi) is 6.42. The van der Waals surface area contributed by atoms with Gasteiger partial charge in [0.2, 0.25) is 0 Å². The van der Waals surface area contributed by atoms with Gasteiger partial charge in [0, 0.05) is 33.2 Å². The second-order valence-electron chi connectivity index (χ2n) is 7.09. The van der Waals surface area contributed by atoms with Crippen molar-refractivity contribution in [3.8, 4) is 11.5 Å². The highest BCUT2D eigenvalue weighted by atomic mass is 79.9. The van der Waals surface area contributed by atoms with Crippen molar-refractivity contribution in [1.29, 1.82) is 0 Å². The highest BCUT2D eigenvalue weighted by Gasteiger charge is 2.28. The third-order valence-electron chi connectivity index (χ3n) is 5.09. The molecule has 3 aromatic rings. The third-order valence-corrected chi connectivity index (χ3v) is 5.84. The summed E-state index contributed by atoms with van der Waals surface area (Å²) in [4.78, 5) is 4.99. The fourth-order valence-electron chi connectivity index (χ4n) is 3.66. The van der Waals surface area contributed by atoms with Crippen LogP contribution in [0, 0.1) is 0 Å². The van der Waals surface area contributed by atoms with Gasteiger partial charge in [-0.05, 0) is 48.4 Å². The molecule has 0 radical (unpaired) electrons. The zero-order chi connectivity index (χ0) is 21.1. The summed E-state index contributed by atoms with van der Waals surface area (Å²) in [5.74, 6) is 0.661. The van der Waals surface area contributed by atoms with Gasteiger partial charge in [0.1, 0.15) is 6.17 Å². The van der Waals surface area contributed by atoms with Gasteiger partial charge >= 0.3 is 0 Å². The van der Waals surface area contributed by atoms with Crippen LogP contribution in [-0.2, 0) is 0 Å². The maximum absolute atomic E-state index is 10.8. The lowest BCUT2D eigenvalue weighted by molar-refractivity contribution is 0.313. The van der Waals surface area contributed by atoms with Gasteiger partial charge in [0.05, 0.1) is 6.61 Å². The molecule has 0 saturated carbocycles. The van der Waals surface area contributed by atoms with Gasteiger partial charge in [-0.1, -0.05) is 63.9 Å². The Morgan fingerprint density at radius 3 is 2.63 bits per heavy atom. The van der Waals surface area contributed by atoms with Gasteiger partial charge in [0.15, 0.2) is 11.5 Å². The number of aromatic hydroxyl groups is 1. The van der Waals surface area contributed by atoms with Crippen LogP contribution in [0.1, 0.15) is 42.2 Å². The number of halogens is 2. The summed E-state index contributed by atoms with van der Waals surface area (Å²) in [5.41, 5.74) is 3.83. The van der Waals surface area contributed by atoms with E-state index in [0.717, 1.165) is 26.9 Å². The molecule has 4 nitrogen and oxygen atoms in total. The predicted molar refractivity (Wildman–Crippen MR) is 125 cm³/mol. The summed E-state index contributed by atoms with van der Waals surface area (Å²) in [5, 5.41) is 15.1. The van der Waals surface area contributed by atoms with E-state index in [-0.39, 0.29) is 18.0 Å². The summed E-state index contributed by atoms with van der Waals surface area (Å²) >= 11 is 9.63. The summed E-state index contributed by atoms with van der Waals surface area (Å²) in [7, 11) is 0. The molecule has 0 bridgehead atoms. The van der Waals surface area contributed by atoms with Crippen LogP contribution in [-0.4, -0.2) is 17.4 Å². The fraction of sp³-hybridized carbons (Fsp3) is 0.208. The Labute approximate surface area is 189 Å². The second kappa shape index (κ2) is 9.21. The first-order valence-corrected chi connectivity index (χ1v) is 11.0. The maximum atomic E-state index is 10.8. The Bertz CT molecular complexity index is 1070. The van der Waals surface area contributed by atoms with Crippen molar-refractivity contribution in [2.75, 3.05) is 6.61 Å². The van der Waals surface area contributed by atoms with Crippen LogP contribution < -0.4 is 10.1 Å². The topological polar surface area (TPSA) is 53.8 Å². The van der Waals surface area contributed by atoms with Crippen molar-refractivity contribution in [2.45, 2.75) is 25.6 Å². The molecular formula is C24H22BrClN2O2. The van der Waals surface area contributed by atoms with E-state index in [0.29, 0.717) is 23.8 Å². The quantitative estimate of drug-likeness (QED) is 0.438. The first-order valence-electron chi connectivity index (χ1n) is 9.84. The van der Waals surface area contributed by atoms with E-state index in [1.807, 2.05) is 55.5 Å². The normalized spacial score (nSPS) is 18.7. The lowest BCUT2D eigenvalue weighted by Crippen LogP contribution is -2.33. The molecule has 3 aromatic carbocycles. The molecule has 2 atom stereocenters. The van der Waals surface area contributed by atoms with Crippen LogP contribution in [0.3, 0.4) is 0 Å². The van der Waals surface area contributed by atoms with Crippen molar-refractivity contribution in [2.24, 2.45) is 4.99 Å². The van der Waals surface area contributed by atoms with Crippen LogP contribution in [0.25, 0.3) is 0 Å². The SMILES string of the molecule is CCOc1cccc([C@H]2CC(c3cccc(Br)c3)=N[C@H](c3ccc(Cl)cc3)N2)c1O. The third kappa shape index (κ3) is 4.53. The number of rotatable bonds is 5. The number of aliphatic imine (C=N–C) groups is 1. The fourth-order valence-corrected chi connectivity index (χ4v) is 4.18. The van der Waals surface area contributed by atoms with Gasteiger partial charge in [-0.2, -0.15) is 0 Å². The molecule has 30 heavy (non-hydrogen) atoms. The van der Waals surface area contributed by atoms with Crippen molar-refractivity contribution in [3.05, 3.63) is 92.9 Å². The minimum atomic E-state index is -0.259. The highest BCUT2D eigenvalue weighted by molar-refractivity contribution is 9.10. The highest BCUT2D eigenvalue weighted by Crippen LogP contribution is 2.39. The number of phenols is 1. The smallest absolute Gasteiger partial charge is 0.162 e. The number of benzene rings is 3. The van der Waals surface area contributed by atoms with Crippen LogP contribution in [0.15, 0.2) is 76.2 Å². The minimum absolute atomic E-state index is 0.127. The molecule has 1 aliphatic rings. The molecule has 4 rings (SSSR count). The van der Waals surface area contributed by atoms with E-state index >= 15 is 0 Å². The van der Waals surface area contributed by atoms with Crippen molar-refractivity contribution in [1.82, 2.24) is 5.32 Å². The molecule has 1 aliphatic heterocycles. The number of hydrogen-bond acceptors (Lipinski definition) is 4. The molecular weight excluding hydrogens is 464 g/mol. The molecule has 0 saturated heterocycles. The number of para-hydroxylation sites is 1. The molecule has 0 fully saturated rings. The van der Waals surface area contributed by atoms with E-state index in [4.69, 9.17) is 21.3 Å². The molecule has 0 spiro atoms. The first-order chi connectivity index (χ1) is 14.5. The Hall–Kier alpha value is -2.34. The van der Waals surface area contributed by atoms with Gasteiger partial charge in [-0.25, -0.2) is 0 Å². The standard InChI is InChI=1S/C24H22BrClN2O2/c1-2-30-22-8-4-7-19(23(22)29)21-14-20(16-5-3-6-17(25)13-16)27-24(28-21)15-9-11-18(26)12-10-15/h3-13,21,24,28-29H,2,14H2,1H3/t21-,24+/m1/s1. The largest absolute Gasteiger partial charge is 0.504 e. The Balaban J connectivity index is 1.75. The molecule has 6 heteroatoms. The van der Waals surface area contributed by atoms with E-state index in [2.05, 4.69) is 33.4 Å². The number of ether oxygens (including phenoxy) is 1. The summed E-state index contributed by atoms with van der Waals surface area (Å²) in [6.45, 7) is 2.40. The Morgan fingerprint density at radius 1 is 1.13 bits per heavy atom. The Morgan fingerprint density at radius 2 is 1.90 bits per heavy atom. The van der Waals surface area contributed by atoms with E-state index in [9.17, 15) is 5.11 Å². The minimum Gasteiger partial charge on any atom is -0.504 e. The summed E-state index contributed by atoms with van der Waals surface area (Å²) < 4.78 is 6.59. The number of phenolic OH excluding ortho intramolecular Hbond substituents is 1. The zero-order valence-corrected chi connectivity index (χ0v) is 18.8. The molecule has 0 unspecified atom stereocenters. The summed E-state index contributed by atoms with van der Waals surface area (Å²) in [6.07, 6.45) is 0.383. The summed E-state index contributed by atoms with van der Waals surface area (Å²) in [6, 6.07) is 21.3. The van der Waals surface area contributed by atoms with Crippen molar-refractivity contribution in [3.63, 3.8) is 0 Å². The van der Waals surface area contributed by atoms with Crippen molar-refractivity contribution >= 4 is 33.2 Å². The van der Waals surface area contributed by atoms with Gasteiger partial charge in [-0.15, -0.1) is 0 Å². The number of nitrogens with zero attached hydrogens (tertiary/aromatic N) is 1. The van der Waals surface area contributed by atoms with Gasteiger partial charge < -0.3 is 9.84 Å². The van der Waals surface area contributed by atoms with Gasteiger partial charge in [0.25, 0.3) is 0 Å². The molecule has 0 aromatic heterocycles. The first kappa shape index (κ1) is 20.9. The monoisotopic (exact) mass is 484 g/mol.